The molecule has 0 aromatic rings. The summed E-state index contributed by atoms with van der Waals surface area (Å²) in [6.45, 7) is 4.09. The Hall–Kier alpha value is -1.83. The van der Waals surface area contributed by atoms with E-state index >= 15 is 0 Å². The Morgan fingerprint density at radius 2 is 1.75 bits per heavy atom. The fraction of sp³-hybridized carbons (Fsp3) is 0.750. The van der Waals surface area contributed by atoms with Crippen LogP contribution in [0, 0.1) is 5.92 Å². The van der Waals surface area contributed by atoms with Crippen LogP contribution in [0.25, 0.3) is 0 Å². The number of hydrogen-bond acceptors (Lipinski definition) is 4. The molecule has 0 aliphatic rings. The second kappa shape index (κ2) is 9.13. The maximum atomic E-state index is 11.7. The lowest BCUT2D eigenvalue weighted by Gasteiger charge is -2.23. The van der Waals surface area contributed by atoms with Crippen LogP contribution in [0.15, 0.2) is 0 Å². The van der Waals surface area contributed by atoms with Gasteiger partial charge in [-0.25, -0.2) is 9.59 Å². The number of ether oxygens (including phenoxy) is 1. The highest BCUT2D eigenvalue weighted by Crippen LogP contribution is 2.03. The summed E-state index contributed by atoms with van der Waals surface area (Å²) in [4.78, 5) is 33.1. The normalized spacial score (nSPS) is 13.6. The minimum absolute atomic E-state index is 0.114. The third kappa shape index (κ3) is 7.57. The predicted molar refractivity (Wildman–Crippen MR) is 70.5 cm³/mol. The van der Waals surface area contributed by atoms with Crippen LogP contribution in [-0.4, -0.2) is 54.0 Å². The molecule has 0 fully saturated rings. The molecule has 0 rings (SSSR count). The average molecular weight is 290 g/mol. The van der Waals surface area contributed by atoms with E-state index in [0.29, 0.717) is 6.61 Å². The van der Waals surface area contributed by atoms with Gasteiger partial charge in [0.2, 0.25) is 0 Å². The molecule has 0 bridgehead atoms. The van der Waals surface area contributed by atoms with Crippen molar-refractivity contribution in [1.82, 2.24) is 10.6 Å². The van der Waals surface area contributed by atoms with Gasteiger partial charge in [-0.1, -0.05) is 13.8 Å². The van der Waals surface area contributed by atoms with Gasteiger partial charge in [0.05, 0.1) is 12.6 Å². The van der Waals surface area contributed by atoms with Crippen LogP contribution in [0.2, 0.25) is 0 Å². The standard InChI is InChI=1S/C12H22N2O6/c1-7(2)9(6-20-3)14-12(19)13-8(11(17)18)4-5-10(15)16/h7-9H,4-6H2,1-3H3,(H,15,16)(H,17,18)(H2,13,14,19). The molecule has 4 N–H and O–H groups in total. The molecule has 20 heavy (non-hydrogen) atoms. The number of carbonyl (C=O) groups is 3. The SMILES string of the molecule is COCC(NC(=O)NC(CCC(=O)O)C(=O)O)C(C)C. The van der Waals surface area contributed by atoms with Crippen molar-refractivity contribution in [2.75, 3.05) is 13.7 Å². The van der Waals surface area contributed by atoms with Gasteiger partial charge < -0.3 is 25.6 Å². The summed E-state index contributed by atoms with van der Waals surface area (Å²) in [5.41, 5.74) is 0. The van der Waals surface area contributed by atoms with E-state index in [-0.39, 0.29) is 24.8 Å². The van der Waals surface area contributed by atoms with Crippen LogP contribution < -0.4 is 10.6 Å². The smallest absolute Gasteiger partial charge is 0.326 e. The number of rotatable bonds is 9. The van der Waals surface area contributed by atoms with Crippen molar-refractivity contribution in [2.45, 2.75) is 38.8 Å². The summed E-state index contributed by atoms with van der Waals surface area (Å²) >= 11 is 0. The summed E-state index contributed by atoms with van der Waals surface area (Å²) in [7, 11) is 1.50. The maximum absolute atomic E-state index is 11.7. The molecule has 0 heterocycles. The number of nitrogens with one attached hydrogen (secondary N) is 2. The lowest BCUT2D eigenvalue weighted by Crippen LogP contribution is -2.51. The van der Waals surface area contributed by atoms with Gasteiger partial charge in [0.25, 0.3) is 0 Å². The van der Waals surface area contributed by atoms with Crippen LogP contribution in [-0.2, 0) is 14.3 Å². The van der Waals surface area contributed by atoms with Gasteiger partial charge >= 0.3 is 18.0 Å². The summed E-state index contributed by atoms with van der Waals surface area (Å²) in [6, 6.07) is -2.14. The molecule has 0 aromatic heterocycles. The average Bonchev–Trinajstić information content (AvgIpc) is 2.33. The zero-order valence-corrected chi connectivity index (χ0v) is 11.9. The number of aliphatic carboxylic acids is 2. The van der Waals surface area contributed by atoms with Gasteiger partial charge in [-0.05, 0) is 12.3 Å². The highest BCUT2D eigenvalue weighted by molar-refractivity contribution is 5.83. The molecule has 0 aliphatic heterocycles. The molecule has 116 valence electrons. The number of methoxy groups -OCH3 is 1. The number of urea groups is 1. The first-order chi connectivity index (χ1) is 9.27. The first-order valence-electron chi connectivity index (χ1n) is 6.28. The molecule has 0 radical (unpaired) electrons. The van der Waals surface area contributed by atoms with E-state index in [1.807, 2.05) is 13.8 Å². The van der Waals surface area contributed by atoms with Gasteiger partial charge in [-0.15, -0.1) is 0 Å². The van der Waals surface area contributed by atoms with E-state index in [0.717, 1.165) is 0 Å². The fourth-order valence-corrected chi connectivity index (χ4v) is 1.47. The Balaban J connectivity index is 4.44. The second-order valence-corrected chi connectivity index (χ2v) is 4.75. The number of carboxylic acid groups (broad SMARTS) is 2. The number of amides is 2. The predicted octanol–water partition coefficient (Wildman–Crippen LogP) is 0.275. The number of hydrogen-bond donors (Lipinski definition) is 4. The van der Waals surface area contributed by atoms with Gasteiger partial charge in [-0.3, -0.25) is 4.79 Å². The topological polar surface area (TPSA) is 125 Å². The van der Waals surface area contributed by atoms with Gasteiger partial charge in [0.15, 0.2) is 0 Å². The molecule has 0 saturated carbocycles. The van der Waals surface area contributed by atoms with E-state index in [1.165, 1.54) is 7.11 Å². The van der Waals surface area contributed by atoms with Crippen LogP contribution >= 0.6 is 0 Å². The molecule has 0 aliphatic carbocycles. The van der Waals surface area contributed by atoms with Crippen LogP contribution in [0.1, 0.15) is 26.7 Å². The quantitative estimate of drug-likeness (QED) is 0.483. The van der Waals surface area contributed by atoms with Crippen molar-refractivity contribution in [3.63, 3.8) is 0 Å². The molecule has 8 heteroatoms. The summed E-state index contributed by atoms with van der Waals surface area (Å²) in [5.74, 6) is -2.27. The Morgan fingerprint density at radius 3 is 2.15 bits per heavy atom. The monoisotopic (exact) mass is 290 g/mol. The minimum Gasteiger partial charge on any atom is -0.481 e. The zero-order chi connectivity index (χ0) is 15.7. The van der Waals surface area contributed by atoms with Gasteiger partial charge in [-0.2, -0.15) is 0 Å². The zero-order valence-electron chi connectivity index (χ0n) is 11.9. The highest BCUT2D eigenvalue weighted by atomic mass is 16.5. The third-order valence-corrected chi connectivity index (χ3v) is 2.72. The third-order valence-electron chi connectivity index (χ3n) is 2.72. The number of carboxylic acids is 2. The first kappa shape index (κ1) is 18.2. The molecular weight excluding hydrogens is 268 g/mol. The molecule has 0 saturated heterocycles. The summed E-state index contributed by atoms with van der Waals surface area (Å²) in [5, 5.41) is 22.3. The molecule has 2 unspecified atom stereocenters. The maximum Gasteiger partial charge on any atom is 0.326 e. The molecular formula is C12H22N2O6. The molecule has 0 aromatic carbocycles. The van der Waals surface area contributed by atoms with Crippen LogP contribution in [0.3, 0.4) is 0 Å². The Kier molecular flexibility index (Phi) is 8.30. The van der Waals surface area contributed by atoms with E-state index in [1.54, 1.807) is 0 Å². The van der Waals surface area contributed by atoms with Crippen LogP contribution in [0.5, 0.6) is 0 Å². The second-order valence-electron chi connectivity index (χ2n) is 4.75. The lowest BCUT2D eigenvalue weighted by atomic mass is 10.1. The Morgan fingerprint density at radius 1 is 1.15 bits per heavy atom. The molecule has 0 spiro atoms. The highest BCUT2D eigenvalue weighted by Gasteiger charge is 2.23. The minimum atomic E-state index is -1.27. The van der Waals surface area contributed by atoms with E-state index in [4.69, 9.17) is 14.9 Å². The number of carbonyl (C=O) groups excluding carboxylic acids is 1. The van der Waals surface area contributed by atoms with E-state index in [9.17, 15) is 14.4 Å². The lowest BCUT2D eigenvalue weighted by molar-refractivity contribution is -0.140. The van der Waals surface area contributed by atoms with Gasteiger partial charge in [0, 0.05) is 13.5 Å². The van der Waals surface area contributed by atoms with Crippen molar-refractivity contribution in [3.8, 4) is 0 Å². The summed E-state index contributed by atoms with van der Waals surface area (Å²) in [6.07, 6.45) is -0.502. The van der Waals surface area contributed by atoms with E-state index in [2.05, 4.69) is 10.6 Å². The van der Waals surface area contributed by atoms with Crippen LogP contribution in [0.4, 0.5) is 4.79 Å². The van der Waals surface area contributed by atoms with Crippen molar-refractivity contribution >= 4 is 18.0 Å². The Labute approximate surface area is 117 Å². The van der Waals surface area contributed by atoms with E-state index < -0.39 is 24.0 Å². The van der Waals surface area contributed by atoms with Gasteiger partial charge in [0.1, 0.15) is 6.04 Å². The molecule has 2 atom stereocenters. The Bertz CT molecular complexity index is 345. The first-order valence-corrected chi connectivity index (χ1v) is 6.28. The fourth-order valence-electron chi connectivity index (χ4n) is 1.47. The largest absolute Gasteiger partial charge is 0.481 e. The molecule has 2 amide bonds. The summed E-state index contributed by atoms with van der Waals surface area (Å²) < 4.78 is 4.96. The molecule has 8 nitrogen and oxygen atoms in total. The van der Waals surface area contributed by atoms with Crippen molar-refractivity contribution in [2.24, 2.45) is 5.92 Å². The van der Waals surface area contributed by atoms with Crippen molar-refractivity contribution in [3.05, 3.63) is 0 Å². The van der Waals surface area contributed by atoms with Crippen molar-refractivity contribution in [1.29, 1.82) is 0 Å². The van der Waals surface area contributed by atoms with Crippen molar-refractivity contribution < 1.29 is 29.3 Å².